The fourth-order valence-electron chi connectivity index (χ4n) is 3.87. The van der Waals surface area contributed by atoms with Crippen molar-refractivity contribution in [1.29, 1.82) is 0 Å². The average molecular weight is 336 g/mol. The minimum absolute atomic E-state index is 0.106. The maximum absolute atomic E-state index is 14.0. The summed E-state index contributed by atoms with van der Waals surface area (Å²) in [7, 11) is -3.81. The fraction of sp³-hybridized carbons (Fsp3) is 0.467. The zero-order valence-electron chi connectivity index (χ0n) is 12.4. The summed E-state index contributed by atoms with van der Waals surface area (Å²) in [5.74, 6) is -0.692. The summed E-state index contributed by atoms with van der Waals surface area (Å²) in [6.07, 6.45) is 6.19. The van der Waals surface area contributed by atoms with Crippen LogP contribution in [0.5, 0.6) is 0 Å². The van der Waals surface area contributed by atoms with E-state index in [0.29, 0.717) is 12.8 Å². The molecule has 2 fully saturated rings. The van der Waals surface area contributed by atoms with E-state index in [9.17, 15) is 12.8 Å². The minimum atomic E-state index is -3.81. The third-order valence-corrected chi connectivity index (χ3v) is 6.83. The van der Waals surface area contributed by atoms with Gasteiger partial charge in [-0.2, -0.15) is 19.3 Å². The molecule has 0 saturated carbocycles. The molecule has 0 amide bonds. The summed E-state index contributed by atoms with van der Waals surface area (Å²) >= 11 is 0. The van der Waals surface area contributed by atoms with Crippen LogP contribution in [0.1, 0.15) is 31.7 Å². The van der Waals surface area contributed by atoms with Gasteiger partial charge in [0, 0.05) is 12.1 Å². The molecule has 0 aliphatic carbocycles. The van der Waals surface area contributed by atoms with Gasteiger partial charge in [-0.1, -0.05) is 12.1 Å². The third-order valence-electron chi connectivity index (χ3n) is 4.80. The Kier molecular flexibility index (Phi) is 3.46. The highest BCUT2D eigenvalue weighted by atomic mass is 32.2. The van der Waals surface area contributed by atoms with Gasteiger partial charge in [0.15, 0.2) is 0 Å². The lowest BCUT2D eigenvalue weighted by atomic mass is 10.0. The summed E-state index contributed by atoms with van der Waals surface area (Å²) in [4.78, 5) is 1.44. The molecular weight excluding hydrogens is 319 g/mol. The number of sulfonamides is 1. The number of benzene rings is 1. The number of hydrogen-bond donors (Lipinski definition) is 0. The Morgan fingerprint density at radius 3 is 2.22 bits per heavy atom. The summed E-state index contributed by atoms with van der Waals surface area (Å²) in [5, 5.41) is 8.35. The molecule has 2 atom stereocenters. The molecule has 2 saturated heterocycles. The molecule has 122 valence electrons. The number of hydrogen-bond acceptors (Lipinski definition) is 4. The van der Waals surface area contributed by atoms with Crippen LogP contribution in [0.25, 0.3) is 0 Å². The molecule has 6 nitrogen and oxygen atoms in total. The lowest BCUT2D eigenvalue weighted by Gasteiger charge is -2.37. The predicted molar refractivity (Wildman–Crippen MR) is 80.5 cm³/mol. The first-order valence-corrected chi connectivity index (χ1v) is 9.15. The number of piperidine rings is 1. The predicted octanol–water partition coefficient (Wildman–Crippen LogP) is 1.97. The molecule has 2 aliphatic heterocycles. The highest BCUT2D eigenvalue weighted by molar-refractivity contribution is 7.89. The van der Waals surface area contributed by atoms with E-state index < -0.39 is 15.8 Å². The van der Waals surface area contributed by atoms with E-state index in [2.05, 4.69) is 10.2 Å². The van der Waals surface area contributed by atoms with Crippen LogP contribution < -0.4 is 0 Å². The van der Waals surface area contributed by atoms with Gasteiger partial charge in [0.05, 0.1) is 18.4 Å². The third kappa shape index (κ3) is 2.36. The second-order valence-corrected chi connectivity index (χ2v) is 7.94. The lowest BCUT2D eigenvalue weighted by molar-refractivity contribution is 0.174. The van der Waals surface area contributed by atoms with Crippen LogP contribution in [0.15, 0.2) is 41.6 Å². The smallest absolute Gasteiger partial charge is 0.207 e. The Hall–Kier alpha value is -1.80. The summed E-state index contributed by atoms with van der Waals surface area (Å²) in [6.45, 7) is 0. The molecule has 3 heterocycles. The Bertz CT molecular complexity index is 795. The van der Waals surface area contributed by atoms with Crippen molar-refractivity contribution in [3.63, 3.8) is 0 Å². The Balaban J connectivity index is 1.66. The Morgan fingerprint density at radius 1 is 1.00 bits per heavy atom. The molecule has 2 bridgehead atoms. The summed E-state index contributed by atoms with van der Waals surface area (Å²) in [6, 6.07) is 5.45. The van der Waals surface area contributed by atoms with Crippen molar-refractivity contribution in [3.8, 4) is 0 Å². The van der Waals surface area contributed by atoms with Crippen molar-refractivity contribution in [1.82, 2.24) is 19.3 Å². The van der Waals surface area contributed by atoms with Crippen LogP contribution >= 0.6 is 0 Å². The number of fused-ring (bicyclic) bond motifs is 2. The van der Waals surface area contributed by atoms with Crippen LogP contribution in [0.4, 0.5) is 4.39 Å². The minimum Gasteiger partial charge on any atom is -0.207 e. The van der Waals surface area contributed by atoms with Crippen molar-refractivity contribution in [2.24, 2.45) is 0 Å². The van der Waals surface area contributed by atoms with Crippen molar-refractivity contribution in [3.05, 3.63) is 42.5 Å². The highest BCUT2D eigenvalue weighted by Gasteiger charge is 2.48. The lowest BCUT2D eigenvalue weighted by Crippen LogP contribution is -2.47. The Morgan fingerprint density at radius 2 is 1.61 bits per heavy atom. The van der Waals surface area contributed by atoms with E-state index >= 15 is 0 Å². The summed E-state index contributed by atoms with van der Waals surface area (Å²) < 4.78 is 41.3. The largest absolute Gasteiger partial charge is 0.246 e. The van der Waals surface area contributed by atoms with Gasteiger partial charge in [0.25, 0.3) is 0 Å². The number of rotatable bonds is 3. The average Bonchev–Trinajstić information content (AvgIpc) is 3.15. The number of halogens is 1. The zero-order chi connectivity index (χ0) is 16.0. The molecule has 23 heavy (non-hydrogen) atoms. The fourth-order valence-corrected chi connectivity index (χ4v) is 5.83. The normalized spacial score (nSPS) is 28.1. The van der Waals surface area contributed by atoms with Crippen LogP contribution in [-0.4, -0.2) is 39.8 Å². The zero-order valence-corrected chi connectivity index (χ0v) is 13.2. The van der Waals surface area contributed by atoms with Crippen LogP contribution in [0.2, 0.25) is 0 Å². The van der Waals surface area contributed by atoms with E-state index in [1.807, 2.05) is 0 Å². The molecule has 0 radical (unpaired) electrons. The molecular formula is C15H17FN4O2S. The first-order valence-electron chi connectivity index (χ1n) is 7.71. The first-order chi connectivity index (χ1) is 11.1. The maximum atomic E-state index is 14.0. The highest BCUT2D eigenvalue weighted by Crippen LogP contribution is 2.43. The molecule has 2 aromatic rings. The molecule has 8 heteroatoms. The summed E-state index contributed by atoms with van der Waals surface area (Å²) in [5.41, 5.74) is 0. The second kappa shape index (κ2) is 5.38. The van der Waals surface area contributed by atoms with E-state index in [4.69, 9.17) is 0 Å². The SMILES string of the molecule is O=S(=O)(c1ccccc1F)N1C2CCC1CC(n1nccn1)C2. The van der Waals surface area contributed by atoms with Gasteiger partial charge in [-0.05, 0) is 37.8 Å². The van der Waals surface area contributed by atoms with E-state index in [1.165, 1.54) is 22.5 Å². The van der Waals surface area contributed by atoms with E-state index in [0.717, 1.165) is 12.8 Å². The van der Waals surface area contributed by atoms with Gasteiger partial charge < -0.3 is 0 Å². The molecule has 1 aromatic heterocycles. The van der Waals surface area contributed by atoms with E-state index in [1.54, 1.807) is 23.3 Å². The van der Waals surface area contributed by atoms with Crippen LogP contribution in [0, 0.1) is 5.82 Å². The van der Waals surface area contributed by atoms with Gasteiger partial charge in [-0.25, -0.2) is 12.8 Å². The van der Waals surface area contributed by atoms with Gasteiger partial charge in [-0.3, -0.25) is 0 Å². The number of nitrogens with zero attached hydrogens (tertiary/aromatic N) is 4. The second-order valence-electron chi connectivity index (χ2n) is 6.13. The Labute approximate surface area is 134 Å². The van der Waals surface area contributed by atoms with Crippen LogP contribution in [0.3, 0.4) is 0 Å². The van der Waals surface area contributed by atoms with Gasteiger partial charge in [-0.15, -0.1) is 0 Å². The van der Waals surface area contributed by atoms with Crippen LogP contribution in [-0.2, 0) is 10.0 Å². The van der Waals surface area contributed by atoms with Gasteiger partial charge in [0.1, 0.15) is 10.7 Å². The monoisotopic (exact) mass is 336 g/mol. The molecule has 4 rings (SSSR count). The van der Waals surface area contributed by atoms with Crippen molar-refractivity contribution in [2.45, 2.75) is 48.7 Å². The van der Waals surface area contributed by atoms with Crippen molar-refractivity contribution < 1.29 is 12.8 Å². The van der Waals surface area contributed by atoms with Crippen molar-refractivity contribution in [2.75, 3.05) is 0 Å². The molecule has 2 unspecified atom stereocenters. The van der Waals surface area contributed by atoms with Gasteiger partial charge in [0.2, 0.25) is 10.0 Å². The molecule has 0 N–H and O–H groups in total. The number of aromatic nitrogens is 3. The standard InChI is InChI=1S/C15H17FN4O2S/c16-14-3-1-2-4-15(14)23(21,22)19-11-5-6-12(19)10-13(9-11)20-17-7-8-18-20/h1-4,7-8,11-13H,5-6,9-10H2. The molecule has 2 aliphatic rings. The van der Waals surface area contributed by atoms with Crippen molar-refractivity contribution >= 4 is 10.0 Å². The van der Waals surface area contributed by atoms with Gasteiger partial charge >= 0.3 is 0 Å². The molecule has 0 spiro atoms. The maximum Gasteiger partial charge on any atom is 0.246 e. The van der Waals surface area contributed by atoms with E-state index in [-0.39, 0.29) is 23.0 Å². The first kappa shape index (κ1) is 14.8. The molecule has 1 aromatic carbocycles. The topological polar surface area (TPSA) is 68.1 Å². The quantitative estimate of drug-likeness (QED) is 0.859.